The molecule has 4 rings (SSSR count). The number of nitrogens with zero attached hydrogens (tertiary/aromatic N) is 6. The fourth-order valence-electron chi connectivity index (χ4n) is 1.99. The summed E-state index contributed by atoms with van der Waals surface area (Å²) in [6.07, 6.45) is 7.20. The minimum absolute atomic E-state index is 0.954. The Hall–Kier alpha value is -2.06. The van der Waals surface area contributed by atoms with Gasteiger partial charge in [0.05, 0.1) is 36.4 Å². The van der Waals surface area contributed by atoms with Crippen LogP contribution < -0.4 is 0 Å². The third-order valence-corrected chi connectivity index (χ3v) is 5.12. The number of aromatic nitrogens is 6. The summed E-state index contributed by atoms with van der Waals surface area (Å²) in [6.45, 7) is 0. The van der Waals surface area contributed by atoms with E-state index in [4.69, 9.17) is 0 Å². The number of imidazole rings is 2. The maximum Gasteiger partial charge on any atom is 0.156 e. The molecule has 4 aromatic rings. The van der Waals surface area contributed by atoms with Crippen LogP contribution in [0.1, 0.15) is 0 Å². The molecule has 20 heavy (non-hydrogen) atoms. The van der Waals surface area contributed by atoms with Crippen LogP contribution >= 0.6 is 22.7 Å². The van der Waals surface area contributed by atoms with Gasteiger partial charge in [0.1, 0.15) is 10.0 Å². The molecule has 0 fully saturated rings. The van der Waals surface area contributed by atoms with Crippen LogP contribution in [0.25, 0.3) is 31.1 Å². The van der Waals surface area contributed by atoms with E-state index >= 15 is 0 Å². The third kappa shape index (κ3) is 1.69. The van der Waals surface area contributed by atoms with E-state index in [1.165, 1.54) is 0 Å². The highest BCUT2D eigenvalue weighted by Crippen LogP contribution is 2.35. The Morgan fingerprint density at radius 3 is 1.60 bits per heavy atom. The predicted octanol–water partition coefficient (Wildman–Crippen LogP) is 2.55. The van der Waals surface area contributed by atoms with Crippen LogP contribution in [0, 0.1) is 0 Å². The van der Waals surface area contributed by atoms with Crippen molar-refractivity contribution in [3.05, 3.63) is 25.0 Å². The van der Waals surface area contributed by atoms with Crippen molar-refractivity contribution in [3.8, 4) is 21.4 Å². The summed E-state index contributed by atoms with van der Waals surface area (Å²) in [6, 6.07) is 0. The molecule has 0 aromatic carbocycles. The van der Waals surface area contributed by atoms with Gasteiger partial charge in [-0.2, -0.15) is 0 Å². The van der Waals surface area contributed by atoms with Crippen LogP contribution in [0.2, 0.25) is 0 Å². The van der Waals surface area contributed by atoms with Crippen molar-refractivity contribution >= 4 is 32.3 Å². The highest BCUT2D eigenvalue weighted by atomic mass is 32.1. The molecule has 0 unspecified atom stereocenters. The first kappa shape index (κ1) is 11.7. The van der Waals surface area contributed by atoms with Crippen LogP contribution in [-0.4, -0.2) is 29.1 Å². The van der Waals surface area contributed by atoms with Gasteiger partial charge < -0.3 is 9.13 Å². The molecule has 100 valence electrons. The third-order valence-electron chi connectivity index (χ3n) is 3.05. The molecule has 4 heterocycles. The van der Waals surface area contributed by atoms with Crippen molar-refractivity contribution in [1.82, 2.24) is 29.1 Å². The van der Waals surface area contributed by atoms with Gasteiger partial charge in [-0.1, -0.05) is 22.7 Å². The summed E-state index contributed by atoms with van der Waals surface area (Å²) >= 11 is 3.18. The van der Waals surface area contributed by atoms with Gasteiger partial charge >= 0.3 is 0 Å². The van der Waals surface area contributed by atoms with Gasteiger partial charge in [0, 0.05) is 14.1 Å². The van der Waals surface area contributed by atoms with Gasteiger partial charge in [-0.25, -0.2) is 19.9 Å². The van der Waals surface area contributed by atoms with E-state index in [1.54, 1.807) is 35.3 Å². The molecule has 0 aliphatic heterocycles. The Balaban J connectivity index is 1.82. The van der Waals surface area contributed by atoms with E-state index in [0.29, 0.717) is 0 Å². The van der Waals surface area contributed by atoms with Gasteiger partial charge in [0.15, 0.2) is 9.66 Å². The predicted molar refractivity (Wildman–Crippen MR) is 79.7 cm³/mol. The molecular formula is C12H10N6S2. The van der Waals surface area contributed by atoms with Crippen LogP contribution in [0.4, 0.5) is 0 Å². The summed E-state index contributed by atoms with van der Waals surface area (Å²) in [5.74, 6) is 0. The zero-order valence-electron chi connectivity index (χ0n) is 10.8. The molecule has 0 saturated carbocycles. The Morgan fingerprint density at radius 2 is 1.25 bits per heavy atom. The maximum absolute atomic E-state index is 4.66. The highest BCUT2D eigenvalue weighted by Gasteiger charge is 2.15. The minimum atomic E-state index is 0.954. The van der Waals surface area contributed by atoms with Gasteiger partial charge in [-0.05, 0) is 0 Å². The number of rotatable bonds is 2. The monoisotopic (exact) mass is 302 g/mol. The van der Waals surface area contributed by atoms with Crippen molar-refractivity contribution in [2.75, 3.05) is 0 Å². The largest absolute Gasteiger partial charge is 0.332 e. The number of hydrogen-bond donors (Lipinski definition) is 0. The number of aryl methyl sites for hydroxylation is 2. The molecule has 0 saturated heterocycles. The van der Waals surface area contributed by atoms with Gasteiger partial charge in [0.2, 0.25) is 0 Å². The summed E-state index contributed by atoms with van der Waals surface area (Å²) in [5.41, 5.74) is 2.03. The summed E-state index contributed by atoms with van der Waals surface area (Å²) in [7, 11) is 3.93. The van der Waals surface area contributed by atoms with Crippen molar-refractivity contribution in [1.29, 1.82) is 0 Å². The van der Waals surface area contributed by atoms with Crippen molar-refractivity contribution in [2.45, 2.75) is 0 Å². The molecule has 0 N–H and O–H groups in total. The zero-order valence-corrected chi connectivity index (χ0v) is 12.4. The average molecular weight is 302 g/mol. The fraction of sp³-hybridized carbons (Fsp3) is 0.167. The van der Waals surface area contributed by atoms with E-state index < -0.39 is 0 Å². The Morgan fingerprint density at radius 1 is 0.800 bits per heavy atom. The quantitative estimate of drug-likeness (QED) is 0.571. The molecular weight excluding hydrogens is 292 g/mol. The molecule has 6 nitrogen and oxygen atoms in total. The second-order valence-corrected chi connectivity index (χ2v) is 6.38. The van der Waals surface area contributed by atoms with Gasteiger partial charge in [-0.3, -0.25) is 0 Å². The van der Waals surface area contributed by atoms with E-state index in [-0.39, 0.29) is 0 Å². The molecule has 0 bridgehead atoms. The Kier molecular flexibility index (Phi) is 2.48. The van der Waals surface area contributed by atoms with Crippen molar-refractivity contribution in [2.24, 2.45) is 14.1 Å². The van der Waals surface area contributed by atoms with Crippen molar-refractivity contribution in [3.63, 3.8) is 0 Å². The van der Waals surface area contributed by atoms with Gasteiger partial charge in [-0.15, -0.1) is 0 Å². The summed E-state index contributed by atoms with van der Waals surface area (Å²) in [4.78, 5) is 19.5. The lowest BCUT2D eigenvalue weighted by atomic mass is 10.5. The second kappa shape index (κ2) is 4.22. The lowest BCUT2D eigenvalue weighted by molar-refractivity contribution is 0.920. The molecule has 0 amide bonds. The normalized spacial score (nSPS) is 11.5. The van der Waals surface area contributed by atoms with Crippen LogP contribution in [0.3, 0.4) is 0 Å². The van der Waals surface area contributed by atoms with E-state index in [1.807, 2.05) is 35.6 Å². The van der Waals surface area contributed by atoms with Gasteiger partial charge in [0.25, 0.3) is 0 Å². The first-order chi connectivity index (χ1) is 9.72. The molecule has 0 spiro atoms. The van der Waals surface area contributed by atoms with E-state index in [9.17, 15) is 0 Å². The molecule has 0 aliphatic rings. The number of fused-ring (bicyclic) bond motifs is 1. The zero-order chi connectivity index (χ0) is 13.7. The van der Waals surface area contributed by atoms with E-state index in [2.05, 4.69) is 19.9 Å². The van der Waals surface area contributed by atoms with Crippen LogP contribution in [-0.2, 0) is 14.1 Å². The first-order valence-corrected chi connectivity index (χ1v) is 7.56. The smallest absolute Gasteiger partial charge is 0.156 e. The van der Waals surface area contributed by atoms with Crippen LogP contribution in [0.15, 0.2) is 25.0 Å². The second-order valence-electron chi connectivity index (χ2n) is 4.43. The Bertz CT molecular complexity index is 795. The summed E-state index contributed by atoms with van der Waals surface area (Å²) in [5, 5.41) is 1.91. The van der Waals surface area contributed by atoms with Crippen LogP contribution in [0.5, 0.6) is 0 Å². The molecule has 0 aliphatic carbocycles. The topological polar surface area (TPSA) is 61.4 Å². The standard InChI is InChI=1S/C12H10N6S2/c1-17-5-13-3-7(17)9-15-11-12(19-9)16-10(20-11)8-4-14-6-18(8)2/h3-6H,1-2H3. The molecule has 4 aromatic heterocycles. The average Bonchev–Trinajstić information content (AvgIpc) is 3.10. The first-order valence-electron chi connectivity index (χ1n) is 5.93. The Labute approximate surface area is 122 Å². The van der Waals surface area contributed by atoms with E-state index in [0.717, 1.165) is 31.1 Å². The number of thiazole rings is 2. The lowest BCUT2D eigenvalue weighted by Crippen LogP contribution is -1.88. The molecule has 8 heteroatoms. The number of hydrogen-bond acceptors (Lipinski definition) is 6. The SMILES string of the molecule is Cn1cncc1-c1nc2sc(-c3cncn3C)nc2s1. The fourth-order valence-corrected chi connectivity index (χ4v) is 4.14. The highest BCUT2D eigenvalue weighted by molar-refractivity contribution is 7.29. The van der Waals surface area contributed by atoms with Crippen molar-refractivity contribution < 1.29 is 0 Å². The summed E-state index contributed by atoms with van der Waals surface area (Å²) < 4.78 is 3.93. The molecule has 0 atom stereocenters. The molecule has 0 radical (unpaired) electrons. The lowest BCUT2D eigenvalue weighted by Gasteiger charge is -1.96. The minimum Gasteiger partial charge on any atom is -0.332 e. The maximum atomic E-state index is 4.66.